The first kappa shape index (κ1) is 17.2. The summed E-state index contributed by atoms with van der Waals surface area (Å²) in [4.78, 5) is 39.4. The van der Waals surface area contributed by atoms with Gasteiger partial charge in [0.05, 0.1) is 24.5 Å². The normalized spacial score (nSPS) is 37.0. The van der Waals surface area contributed by atoms with Crippen molar-refractivity contribution in [2.24, 2.45) is 11.8 Å². The molecule has 3 saturated heterocycles. The van der Waals surface area contributed by atoms with Crippen molar-refractivity contribution in [1.29, 1.82) is 0 Å². The first-order valence-electron chi connectivity index (χ1n) is 8.48. The Morgan fingerprint density at radius 2 is 2.12 bits per heavy atom. The number of nitrogens with one attached hydrogen (secondary N) is 2. The molecule has 3 fully saturated rings. The van der Waals surface area contributed by atoms with E-state index in [1.54, 1.807) is 0 Å². The second kappa shape index (κ2) is 6.00. The predicted molar refractivity (Wildman–Crippen MR) is 83.8 cm³/mol. The van der Waals surface area contributed by atoms with E-state index in [0.717, 1.165) is 0 Å². The molecule has 3 rings (SSSR count). The molecule has 3 heterocycles. The number of likely N-dealkylation sites (tertiary alicyclic amines) is 1. The molecule has 3 aliphatic heterocycles. The lowest BCUT2D eigenvalue weighted by molar-refractivity contribution is -0.142. The van der Waals surface area contributed by atoms with Crippen LogP contribution >= 0.6 is 0 Å². The Kier molecular flexibility index (Phi) is 4.29. The molecule has 3 aliphatic rings. The van der Waals surface area contributed by atoms with Crippen LogP contribution < -0.4 is 10.6 Å². The Morgan fingerprint density at radius 1 is 1.42 bits per heavy atom. The largest absolute Gasteiger partial charge is 0.395 e. The summed E-state index contributed by atoms with van der Waals surface area (Å²) in [5.41, 5.74) is -0.965. The van der Waals surface area contributed by atoms with Gasteiger partial charge in [-0.3, -0.25) is 14.4 Å². The van der Waals surface area contributed by atoms with E-state index >= 15 is 0 Å². The maximum Gasteiger partial charge on any atom is 0.246 e. The lowest BCUT2D eigenvalue weighted by Crippen LogP contribution is -2.56. The molecule has 2 unspecified atom stereocenters. The fourth-order valence-electron chi connectivity index (χ4n) is 4.63. The van der Waals surface area contributed by atoms with Gasteiger partial charge in [-0.25, -0.2) is 0 Å². The summed E-state index contributed by atoms with van der Waals surface area (Å²) in [7, 11) is 1.54. The number of rotatable bonds is 5. The topological polar surface area (TPSA) is 108 Å². The number of ether oxygens (including phenoxy) is 1. The van der Waals surface area contributed by atoms with Crippen molar-refractivity contribution in [1.82, 2.24) is 15.5 Å². The first-order valence-corrected chi connectivity index (χ1v) is 8.48. The molecule has 3 amide bonds. The van der Waals surface area contributed by atoms with Gasteiger partial charge in [0.15, 0.2) is 0 Å². The summed E-state index contributed by atoms with van der Waals surface area (Å²) in [6.45, 7) is 3.51. The third-order valence-electron chi connectivity index (χ3n) is 5.37. The molecule has 5 atom stereocenters. The zero-order chi connectivity index (χ0) is 17.6. The van der Waals surface area contributed by atoms with Crippen molar-refractivity contribution < 1.29 is 24.2 Å². The van der Waals surface area contributed by atoms with E-state index in [0.29, 0.717) is 12.8 Å². The van der Waals surface area contributed by atoms with Gasteiger partial charge in [-0.1, -0.05) is 0 Å². The molecule has 0 aromatic heterocycles. The summed E-state index contributed by atoms with van der Waals surface area (Å²) in [5, 5.41) is 14.8. The van der Waals surface area contributed by atoms with Crippen molar-refractivity contribution in [2.75, 3.05) is 20.2 Å². The monoisotopic (exact) mass is 339 g/mol. The molecule has 24 heavy (non-hydrogen) atoms. The molecule has 0 aliphatic carbocycles. The van der Waals surface area contributed by atoms with Crippen LogP contribution in [0.15, 0.2) is 0 Å². The van der Waals surface area contributed by atoms with Crippen LogP contribution in [0.2, 0.25) is 0 Å². The van der Waals surface area contributed by atoms with Gasteiger partial charge in [0.2, 0.25) is 17.7 Å². The van der Waals surface area contributed by atoms with Crippen LogP contribution in [0, 0.1) is 11.8 Å². The SMILES string of the molecule is CNC(=O)[C@@H]1[C@@H]2CCC3(O2)C(C(=O)NC(C)C)N(CCO)C(=O)[C@H]13. The number of aliphatic hydroxyl groups is 1. The molecular formula is C16H25N3O5. The number of carbonyl (C=O) groups is 3. The zero-order valence-corrected chi connectivity index (χ0v) is 14.2. The lowest BCUT2D eigenvalue weighted by Gasteiger charge is -2.33. The average molecular weight is 339 g/mol. The molecule has 0 aromatic carbocycles. The number of amides is 3. The van der Waals surface area contributed by atoms with Crippen molar-refractivity contribution in [3.8, 4) is 0 Å². The fraction of sp³-hybridized carbons (Fsp3) is 0.812. The van der Waals surface area contributed by atoms with E-state index in [1.165, 1.54) is 11.9 Å². The van der Waals surface area contributed by atoms with Crippen LogP contribution in [0.3, 0.4) is 0 Å². The Labute approximate surface area is 140 Å². The predicted octanol–water partition coefficient (Wildman–Crippen LogP) is -1.38. The highest BCUT2D eigenvalue weighted by molar-refractivity contribution is 5.98. The Bertz CT molecular complexity index is 566. The minimum absolute atomic E-state index is 0.0573. The Morgan fingerprint density at radius 3 is 2.71 bits per heavy atom. The maximum absolute atomic E-state index is 13.0. The molecular weight excluding hydrogens is 314 g/mol. The molecule has 0 radical (unpaired) electrons. The van der Waals surface area contributed by atoms with E-state index in [-0.39, 0.29) is 43.0 Å². The molecule has 8 heteroatoms. The number of nitrogens with zero attached hydrogens (tertiary/aromatic N) is 1. The van der Waals surface area contributed by atoms with Crippen molar-refractivity contribution >= 4 is 17.7 Å². The number of fused-ring (bicyclic) bond motifs is 1. The highest BCUT2D eigenvalue weighted by Crippen LogP contribution is 2.58. The van der Waals surface area contributed by atoms with Crippen LogP contribution in [-0.2, 0) is 19.1 Å². The number of hydrogen-bond donors (Lipinski definition) is 3. The molecule has 134 valence electrons. The van der Waals surface area contributed by atoms with Crippen LogP contribution in [0.5, 0.6) is 0 Å². The van der Waals surface area contributed by atoms with Gasteiger partial charge in [-0.05, 0) is 26.7 Å². The van der Waals surface area contributed by atoms with Gasteiger partial charge >= 0.3 is 0 Å². The molecule has 2 bridgehead atoms. The molecule has 0 aromatic rings. The second-order valence-corrected chi connectivity index (χ2v) is 7.09. The van der Waals surface area contributed by atoms with Gasteiger partial charge in [0, 0.05) is 19.6 Å². The van der Waals surface area contributed by atoms with Crippen molar-refractivity contribution in [3.05, 3.63) is 0 Å². The zero-order valence-electron chi connectivity index (χ0n) is 14.2. The van der Waals surface area contributed by atoms with Gasteiger partial charge in [0.25, 0.3) is 0 Å². The number of hydrogen-bond acceptors (Lipinski definition) is 5. The second-order valence-electron chi connectivity index (χ2n) is 7.09. The Hall–Kier alpha value is -1.67. The van der Waals surface area contributed by atoms with E-state index in [2.05, 4.69) is 10.6 Å². The van der Waals surface area contributed by atoms with Gasteiger partial charge in [-0.2, -0.15) is 0 Å². The molecule has 0 saturated carbocycles. The van der Waals surface area contributed by atoms with E-state index < -0.39 is 23.5 Å². The fourth-order valence-corrected chi connectivity index (χ4v) is 4.63. The van der Waals surface area contributed by atoms with Gasteiger partial charge < -0.3 is 25.4 Å². The van der Waals surface area contributed by atoms with Crippen LogP contribution in [-0.4, -0.2) is 71.7 Å². The van der Waals surface area contributed by atoms with Gasteiger partial charge in [0.1, 0.15) is 11.6 Å². The summed E-state index contributed by atoms with van der Waals surface area (Å²) >= 11 is 0. The average Bonchev–Trinajstić information content (AvgIpc) is 3.14. The number of carbonyl (C=O) groups excluding carboxylic acids is 3. The summed E-state index contributed by atoms with van der Waals surface area (Å²) in [5.74, 6) is -2.02. The standard InChI is InChI=1S/C16H25N3O5/c1-8(2)18-14(22)12-16-5-4-9(24-16)10(13(21)17-3)11(16)15(23)19(12)6-7-20/h8-12,20H,4-7H2,1-3H3,(H,17,21)(H,18,22)/t9-,10+,11-,12?,16?/m0/s1. The minimum atomic E-state index is -0.965. The molecule has 8 nitrogen and oxygen atoms in total. The summed E-state index contributed by atoms with van der Waals surface area (Å²) in [6.07, 6.45) is 0.893. The van der Waals surface area contributed by atoms with E-state index in [4.69, 9.17) is 4.74 Å². The van der Waals surface area contributed by atoms with Crippen LogP contribution in [0.4, 0.5) is 0 Å². The van der Waals surface area contributed by atoms with Crippen LogP contribution in [0.25, 0.3) is 0 Å². The van der Waals surface area contributed by atoms with Crippen molar-refractivity contribution in [2.45, 2.75) is 50.5 Å². The Balaban J connectivity index is 2.00. The molecule has 3 N–H and O–H groups in total. The third kappa shape index (κ3) is 2.23. The smallest absolute Gasteiger partial charge is 0.246 e. The number of aliphatic hydroxyl groups excluding tert-OH is 1. The summed E-state index contributed by atoms with van der Waals surface area (Å²) in [6, 6.07) is -0.878. The van der Waals surface area contributed by atoms with Crippen LogP contribution in [0.1, 0.15) is 26.7 Å². The quantitative estimate of drug-likeness (QED) is 0.572. The highest BCUT2D eigenvalue weighted by atomic mass is 16.5. The third-order valence-corrected chi connectivity index (χ3v) is 5.37. The highest BCUT2D eigenvalue weighted by Gasteiger charge is 2.74. The minimum Gasteiger partial charge on any atom is -0.395 e. The van der Waals surface area contributed by atoms with E-state index in [9.17, 15) is 19.5 Å². The molecule has 1 spiro atoms. The van der Waals surface area contributed by atoms with E-state index in [1.807, 2.05) is 13.8 Å². The van der Waals surface area contributed by atoms with Crippen molar-refractivity contribution in [3.63, 3.8) is 0 Å². The first-order chi connectivity index (χ1) is 11.4. The summed E-state index contributed by atoms with van der Waals surface area (Å²) < 4.78 is 6.12. The maximum atomic E-state index is 13.0. The number of β-amino-alcohol motifs (C(OH)–C–C–N with tert-alkyl or cyclic N) is 1. The van der Waals surface area contributed by atoms with Gasteiger partial charge in [-0.15, -0.1) is 0 Å². The lowest BCUT2D eigenvalue weighted by atomic mass is 9.70.